The molecule has 1 unspecified atom stereocenters. The van der Waals surface area contributed by atoms with Crippen LogP contribution in [-0.2, 0) is 14.3 Å². The van der Waals surface area contributed by atoms with E-state index in [9.17, 15) is 4.79 Å². The minimum Gasteiger partial charge on any atom is -0.464 e. The van der Waals surface area contributed by atoms with Crippen LogP contribution in [-0.4, -0.2) is 24.3 Å². The van der Waals surface area contributed by atoms with Gasteiger partial charge in [0, 0.05) is 0 Å². The summed E-state index contributed by atoms with van der Waals surface area (Å²) in [6.07, 6.45) is 2.88. The van der Waals surface area contributed by atoms with Gasteiger partial charge in [0.1, 0.15) is 5.60 Å². The molecule has 0 aromatic rings. The van der Waals surface area contributed by atoms with E-state index in [1.807, 2.05) is 13.8 Å². The van der Waals surface area contributed by atoms with Crippen LogP contribution in [0.1, 0.15) is 40.0 Å². The van der Waals surface area contributed by atoms with Gasteiger partial charge in [-0.05, 0) is 20.3 Å². The third kappa shape index (κ3) is 2.99. The van der Waals surface area contributed by atoms with Gasteiger partial charge >= 0.3 is 5.97 Å². The van der Waals surface area contributed by atoms with E-state index in [4.69, 9.17) is 9.47 Å². The van der Waals surface area contributed by atoms with Crippen LogP contribution in [0, 0.1) is 0 Å². The first-order valence-corrected chi connectivity index (χ1v) is 4.92. The van der Waals surface area contributed by atoms with Crippen LogP contribution in [0.3, 0.4) is 0 Å². The second kappa shape index (κ2) is 4.09. The molecule has 1 rings (SSSR count). The highest BCUT2D eigenvalue weighted by Gasteiger charge is 2.54. The maximum absolute atomic E-state index is 11.2. The summed E-state index contributed by atoms with van der Waals surface area (Å²) in [6.45, 7) is 6.44. The van der Waals surface area contributed by atoms with E-state index >= 15 is 0 Å². The Morgan fingerprint density at radius 1 is 1.46 bits per heavy atom. The molecule has 0 radical (unpaired) electrons. The minimum atomic E-state index is -0.325. The van der Waals surface area contributed by atoms with Crippen molar-refractivity contribution in [3.05, 3.63) is 0 Å². The molecule has 0 N–H and O–H groups in total. The lowest BCUT2D eigenvalue weighted by atomic mass is 10.1. The summed E-state index contributed by atoms with van der Waals surface area (Å²) < 4.78 is 10.2. The van der Waals surface area contributed by atoms with E-state index < -0.39 is 0 Å². The second-order valence-electron chi connectivity index (χ2n) is 3.98. The van der Waals surface area contributed by atoms with Gasteiger partial charge < -0.3 is 9.47 Å². The summed E-state index contributed by atoms with van der Waals surface area (Å²) in [7, 11) is 0. The van der Waals surface area contributed by atoms with Crippen LogP contribution < -0.4 is 0 Å². The number of carbonyl (C=O) groups is 1. The maximum Gasteiger partial charge on any atom is 0.338 e. The van der Waals surface area contributed by atoms with Crippen molar-refractivity contribution >= 4 is 5.97 Å². The number of esters is 1. The fourth-order valence-electron chi connectivity index (χ4n) is 1.20. The number of ether oxygens (including phenoxy) is 2. The predicted molar refractivity (Wildman–Crippen MR) is 49.4 cm³/mol. The zero-order valence-corrected chi connectivity index (χ0v) is 8.63. The molecule has 0 spiro atoms. The van der Waals surface area contributed by atoms with Gasteiger partial charge in [0.05, 0.1) is 6.61 Å². The van der Waals surface area contributed by atoms with Crippen molar-refractivity contribution in [3.8, 4) is 0 Å². The zero-order chi connectivity index (χ0) is 9.90. The average Bonchev–Trinajstić information content (AvgIpc) is 2.69. The smallest absolute Gasteiger partial charge is 0.338 e. The van der Waals surface area contributed by atoms with Crippen LogP contribution in [0.25, 0.3) is 0 Å². The highest BCUT2D eigenvalue weighted by atomic mass is 16.7. The molecule has 3 nitrogen and oxygen atoms in total. The summed E-state index contributed by atoms with van der Waals surface area (Å²) >= 11 is 0. The SMILES string of the molecule is CCCCCOC(=O)C1OC1(C)C. The molecule has 1 saturated heterocycles. The Morgan fingerprint density at radius 2 is 2.08 bits per heavy atom. The molecular formula is C10H18O3. The first kappa shape index (κ1) is 10.5. The van der Waals surface area contributed by atoms with Crippen molar-refractivity contribution in [2.75, 3.05) is 6.61 Å². The molecule has 1 atom stereocenters. The van der Waals surface area contributed by atoms with Crippen molar-refractivity contribution in [1.82, 2.24) is 0 Å². The monoisotopic (exact) mass is 186 g/mol. The molecular weight excluding hydrogens is 168 g/mol. The third-order valence-electron chi connectivity index (χ3n) is 2.20. The van der Waals surface area contributed by atoms with Crippen molar-refractivity contribution in [1.29, 1.82) is 0 Å². The summed E-state index contributed by atoms with van der Waals surface area (Å²) in [4.78, 5) is 11.2. The Kier molecular flexibility index (Phi) is 3.31. The van der Waals surface area contributed by atoms with E-state index in [1.165, 1.54) is 0 Å². The average molecular weight is 186 g/mol. The van der Waals surface area contributed by atoms with Gasteiger partial charge in [0.2, 0.25) is 0 Å². The molecule has 0 bridgehead atoms. The Hall–Kier alpha value is -0.570. The van der Waals surface area contributed by atoms with Gasteiger partial charge in [-0.15, -0.1) is 0 Å². The zero-order valence-electron chi connectivity index (χ0n) is 8.63. The van der Waals surface area contributed by atoms with Crippen LogP contribution in [0.5, 0.6) is 0 Å². The highest BCUT2D eigenvalue weighted by Crippen LogP contribution is 2.35. The van der Waals surface area contributed by atoms with Crippen molar-refractivity contribution in [3.63, 3.8) is 0 Å². The molecule has 0 saturated carbocycles. The second-order valence-corrected chi connectivity index (χ2v) is 3.98. The van der Waals surface area contributed by atoms with E-state index in [2.05, 4.69) is 6.92 Å². The van der Waals surface area contributed by atoms with E-state index in [0.717, 1.165) is 19.3 Å². The summed E-state index contributed by atoms with van der Waals surface area (Å²) in [5.41, 5.74) is -0.290. The molecule has 1 fully saturated rings. The molecule has 0 aliphatic carbocycles. The lowest BCUT2D eigenvalue weighted by Crippen LogP contribution is -2.18. The molecule has 1 aliphatic heterocycles. The van der Waals surface area contributed by atoms with Crippen LogP contribution in [0.4, 0.5) is 0 Å². The van der Waals surface area contributed by atoms with Gasteiger partial charge in [-0.1, -0.05) is 19.8 Å². The topological polar surface area (TPSA) is 38.8 Å². The number of rotatable bonds is 5. The molecule has 0 aromatic carbocycles. The lowest BCUT2D eigenvalue weighted by Gasteiger charge is -2.02. The van der Waals surface area contributed by atoms with Gasteiger partial charge in [0.15, 0.2) is 6.10 Å². The molecule has 13 heavy (non-hydrogen) atoms. The largest absolute Gasteiger partial charge is 0.464 e. The standard InChI is InChI=1S/C10H18O3/c1-4-5-6-7-12-9(11)8-10(2,3)13-8/h8H,4-7H2,1-3H3. The summed E-state index contributed by atoms with van der Waals surface area (Å²) in [5, 5.41) is 0. The van der Waals surface area contributed by atoms with Gasteiger partial charge in [0.25, 0.3) is 0 Å². The van der Waals surface area contributed by atoms with E-state index in [-0.39, 0.29) is 17.7 Å². The molecule has 1 aliphatic rings. The van der Waals surface area contributed by atoms with Crippen molar-refractivity contribution < 1.29 is 14.3 Å². The highest BCUT2D eigenvalue weighted by molar-refractivity contribution is 5.79. The number of unbranched alkanes of at least 4 members (excludes halogenated alkanes) is 2. The third-order valence-corrected chi connectivity index (χ3v) is 2.20. The fourth-order valence-corrected chi connectivity index (χ4v) is 1.20. The maximum atomic E-state index is 11.2. The Balaban J connectivity index is 2.06. The molecule has 1 heterocycles. The first-order valence-electron chi connectivity index (χ1n) is 4.92. The fraction of sp³-hybridized carbons (Fsp3) is 0.900. The first-order chi connectivity index (χ1) is 6.08. The van der Waals surface area contributed by atoms with Gasteiger partial charge in [-0.3, -0.25) is 0 Å². The van der Waals surface area contributed by atoms with Gasteiger partial charge in [-0.25, -0.2) is 4.79 Å². The Morgan fingerprint density at radius 3 is 2.54 bits per heavy atom. The normalized spacial score (nSPS) is 24.1. The number of hydrogen-bond donors (Lipinski definition) is 0. The number of hydrogen-bond acceptors (Lipinski definition) is 3. The van der Waals surface area contributed by atoms with Crippen LogP contribution in [0.2, 0.25) is 0 Å². The lowest BCUT2D eigenvalue weighted by molar-refractivity contribution is -0.145. The molecule has 0 aromatic heterocycles. The van der Waals surface area contributed by atoms with E-state index in [1.54, 1.807) is 0 Å². The summed E-state index contributed by atoms with van der Waals surface area (Å²) in [6, 6.07) is 0. The van der Waals surface area contributed by atoms with Crippen LogP contribution in [0.15, 0.2) is 0 Å². The van der Waals surface area contributed by atoms with E-state index in [0.29, 0.717) is 6.61 Å². The number of epoxide rings is 1. The Labute approximate surface area is 79.4 Å². The Bertz CT molecular complexity index is 187. The van der Waals surface area contributed by atoms with Crippen molar-refractivity contribution in [2.24, 2.45) is 0 Å². The molecule has 76 valence electrons. The molecule has 3 heteroatoms. The quantitative estimate of drug-likeness (QED) is 0.374. The minimum absolute atomic E-state index is 0.207. The predicted octanol–water partition coefficient (Wildman–Crippen LogP) is 1.90. The van der Waals surface area contributed by atoms with Gasteiger partial charge in [-0.2, -0.15) is 0 Å². The molecule has 0 amide bonds. The summed E-state index contributed by atoms with van der Waals surface area (Å²) in [5.74, 6) is -0.207. The number of carbonyl (C=O) groups excluding carboxylic acids is 1. The van der Waals surface area contributed by atoms with Crippen LogP contribution >= 0.6 is 0 Å². The van der Waals surface area contributed by atoms with Crippen molar-refractivity contribution in [2.45, 2.75) is 51.7 Å².